The number of carbonyl (C=O) groups is 3. The summed E-state index contributed by atoms with van der Waals surface area (Å²) in [6.45, 7) is 8.76. The van der Waals surface area contributed by atoms with Gasteiger partial charge >= 0.3 is 17.9 Å². The van der Waals surface area contributed by atoms with E-state index in [0.717, 1.165) is 0 Å². The highest BCUT2D eigenvalue weighted by Crippen LogP contribution is 2.40. The van der Waals surface area contributed by atoms with Gasteiger partial charge in [0.05, 0.1) is 5.41 Å². The first-order valence-corrected chi connectivity index (χ1v) is 9.12. The van der Waals surface area contributed by atoms with Crippen molar-refractivity contribution in [1.29, 1.82) is 0 Å². The molecule has 0 amide bonds. The first-order chi connectivity index (χ1) is 13.5. The molecule has 4 atom stereocenters. The lowest BCUT2D eigenvalue weighted by atomic mass is 9.88. The molecule has 8 nitrogen and oxygen atoms in total. The number of esters is 3. The standard InChI is InChI=1S/C21H28O8/c1-8-10-11-21(26-12-9-2)16(13-25-19(24)20(5,6)7)29-18(28-15(4)23)17(21)27-14(3)22/h2,16-18H,11-13H2,1,3-7H3/t16-,17?,18+,21-/m1/s1. The van der Waals surface area contributed by atoms with Crippen molar-refractivity contribution in [1.82, 2.24) is 0 Å². The average molecular weight is 408 g/mol. The summed E-state index contributed by atoms with van der Waals surface area (Å²) in [5.41, 5.74) is -2.14. The van der Waals surface area contributed by atoms with Crippen LogP contribution < -0.4 is 0 Å². The van der Waals surface area contributed by atoms with Gasteiger partial charge in [-0.15, -0.1) is 18.3 Å². The van der Waals surface area contributed by atoms with E-state index < -0.39 is 47.4 Å². The van der Waals surface area contributed by atoms with Crippen LogP contribution in [0.4, 0.5) is 0 Å². The third-order valence-electron chi connectivity index (χ3n) is 4.09. The zero-order valence-electron chi connectivity index (χ0n) is 17.7. The number of terminal acetylenes is 1. The number of hydrogen-bond donors (Lipinski definition) is 0. The number of hydrogen-bond acceptors (Lipinski definition) is 8. The van der Waals surface area contributed by atoms with Crippen LogP contribution in [0.2, 0.25) is 0 Å². The highest BCUT2D eigenvalue weighted by Gasteiger charge is 2.61. The SMILES string of the molecule is C#CCO[C@@]1(CC#CC)C(OC(C)=O)[C@@H](OC(C)=O)O[C@@H]1COC(=O)C(C)(C)C. The highest BCUT2D eigenvalue weighted by atomic mass is 16.8. The molecule has 1 aliphatic rings. The summed E-state index contributed by atoms with van der Waals surface area (Å²) in [6, 6.07) is 0. The summed E-state index contributed by atoms with van der Waals surface area (Å²) in [7, 11) is 0. The van der Waals surface area contributed by atoms with Crippen molar-refractivity contribution < 1.29 is 38.1 Å². The van der Waals surface area contributed by atoms with E-state index in [-0.39, 0.29) is 19.6 Å². The molecule has 1 heterocycles. The van der Waals surface area contributed by atoms with Gasteiger partial charge in [0, 0.05) is 20.3 Å². The van der Waals surface area contributed by atoms with Crippen LogP contribution in [-0.4, -0.2) is 55.2 Å². The average Bonchev–Trinajstić information content (AvgIpc) is 2.87. The third-order valence-corrected chi connectivity index (χ3v) is 4.09. The van der Waals surface area contributed by atoms with E-state index in [1.165, 1.54) is 13.8 Å². The first kappa shape index (κ1) is 24.5. The first-order valence-electron chi connectivity index (χ1n) is 9.12. The molecule has 1 rings (SSSR count). The van der Waals surface area contributed by atoms with Crippen molar-refractivity contribution in [3.63, 3.8) is 0 Å². The van der Waals surface area contributed by atoms with Gasteiger partial charge in [-0.3, -0.25) is 14.4 Å². The van der Waals surface area contributed by atoms with Crippen molar-refractivity contribution in [2.75, 3.05) is 13.2 Å². The highest BCUT2D eigenvalue weighted by molar-refractivity contribution is 5.75. The van der Waals surface area contributed by atoms with Gasteiger partial charge in [-0.25, -0.2) is 0 Å². The molecule has 1 aliphatic heterocycles. The van der Waals surface area contributed by atoms with Crippen LogP contribution >= 0.6 is 0 Å². The van der Waals surface area contributed by atoms with E-state index in [1.54, 1.807) is 27.7 Å². The molecule has 0 aliphatic carbocycles. The van der Waals surface area contributed by atoms with Crippen LogP contribution in [-0.2, 0) is 38.1 Å². The number of carbonyl (C=O) groups excluding carboxylic acids is 3. The van der Waals surface area contributed by atoms with Gasteiger partial charge in [-0.05, 0) is 27.7 Å². The molecule has 8 heteroatoms. The van der Waals surface area contributed by atoms with Crippen LogP contribution in [0.15, 0.2) is 0 Å². The van der Waals surface area contributed by atoms with E-state index in [2.05, 4.69) is 17.8 Å². The van der Waals surface area contributed by atoms with E-state index in [0.29, 0.717) is 0 Å². The molecule has 0 N–H and O–H groups in total. The Morgan fingerprint density at radius 1 is 1.14 bits per heavy atom. The molecule has 1 unspecified atom stereocenters. The predicted molar refractivity (Wildman–Crippen MR) is 102 cm³/mol. The van der Waals surface area contributed by atoms with Gasteiger partial charge in [-0.2, -0.15) is 0 Å². The van der Waals surface area contributed by atoms with Crippen LogP contribution in [0.3, 0.4) is 0 Å². The van der Waals surface area contributed by atoms with Gasteiger partial charge < -0.3 is 23.7 Å². The molecule has 0 radical (unpaired) electrons. The lowest BCUT2D eigenvalue weighted by Crippen LogP contribution is -2.54. The molecule has 0 bridgehead atoms. The van der Waals surface area contributed by atoms with Crippen molar-refractivity contribution >= 4 is 17.9 Å². The Morgan fingerprint density at radius 3 is 2.24 bits per heavy atom. The number of rotatable bonds is 7. The monoisotopic (exact) mass is 408 g/mol. The summed E-state index contributed by atoms with van der Waals surface area (Å²) in [4.78, 5) is 35.5. The zero-order valence-corrected chi connectivity index (χ0v) is 17.7. The molecule has 160 valence electrons. The Kier molecular flexibility index (Phi) is 8.69. The van der Waals surface area contributed by atoms with Gasteiger partial charge in [0.15, 0.2) is 11.7 Å². The van der Waals surface area contributed by atoms with E-state index >= 15 is 0 Å². The fourth-order valence-electron chi connectivity index (χ4n) is 2.74. The summed E-state index contributed by atoms with van der Waals surface area (Å²) < 4.78 is 27.6. The second-order valence-corrected chi connectivity index (χ2v) is 7.53. The predicted octanol–water partition coefficient (Wildman–Crippen LogP) is 1.60. The molecule has 0 aromatic carbocycles. The van der Waals surface area contributed by atoms with Crippen LogP contribution in [0, 0.1) is 29.6 Å². The minimum Gasteiger partial charge on any atom is -0.462 e. The summed E-state index contributed by atoms with van der Waals surface area (Å²) in [5.74, 6) is 6.22. The largest absolute Gasteiger partial charge is 0.462 e. The normalized spacial score (nSPS) is 25.9. The summed E-state index contributed by atoms with van der Waals surface area (Å²) in [5, 5.41) is 0. The van der Waals surface area contributed by atoms with Crippen molar-refractivity contribution in [2.24, 2.45) is 5.41 Å². The maximum atomic E-state index is 12.2. The smallest absolute Gasteiger partial charge is 0.311 e. The van der Waals surface area contributed by atoms with E-state index in [4.69, 9.17) is 30.1 Å². The lowest BCUT2D eigenvalue weighted by molar-refractivity contribution is -0.199. The maximum absolute atomic E-state index is 12.2. The van der Waals surface area contributed by atoms with Crippen LogP contribution in [0.1, 0.15) is 48.0 Å². The van der Waals surface area contributed by atoms with Crippen molar-refractivity contribution in [3.05, 3.63) is 0 Å². The molecule has 0 aromatic rings. The van der Waals surface area contributed by atoms with Crippen LogP contribution in [0.5, 0.6) is 0 Å². The van der Waals surface area contributed by atoms with Gasteiger partial charge in [0.2, 0.25) is 6.29 Å². The fourth-order valence-corrected chi connectivity index (χ4v) is 2.74. The second-order valence-electron chi connectivity index (χ2n) is 7.53. The number of ether oxygens (including phenoxy) is 5. The Morgan fingerprint density at radius 2 is 1.76 bits per heavy atom. The minimum atomic E-state index is -1.40. The minimum absolute atomic E-state index is 0.0403. The van der Waals surface area contributed by atoms with E-state index in [9.17, 15) is 14.4 Å². The van der Waals surface area contributed by atoms with Gasteiger partial charge in [-0.1, -0.05) is 5.92 Å². The lowest BCUT2D eigenvalue weighted by Gasteiger charge is -2.35. The summed E-state index contributed by atoms with van der Waals surface area (Å²) >= 11 is 0. The summed E-state index contributed by atoms with van der Waals surface area (Å²) in [6.07, 6.45) is 2.02. The molecule has 0 aromatic heterocycles. The maximum Gasteiger partial charge on any atom is 0.311 e. The van der Waals surface area contributed by atoms with Crippen LogP contribution in [0.25, 0.3) is 0 Å². The molecular weight excluding hydrogens is 380 g/mol. The Balaban J connectivity index is 3.34. The molecular formula is C21H28O8. The zero-order chi connectivity index (χ0) is 22.2. The van der Waals surface area contributed by atoms with E-state index in [1.807, 2.05) is 0 Å². The van der Waals surface area contributed by atoms with Crippen molar-refractivity contribution in [2.45, 2.75) is 72.1 Å². The fraction of sp³-hybridized carbons (Fsp3) is 0.667. The second kappa shape index (κ2) is 10.3. The Labute approximate surface area is 171 Å². The molecule has 0 saturated carbocycles. The third kappa shape index (κ3) is 6.49. The molecule has 29 heavy (non-hydrogen) atoms. The van der Waals surface area contributed by atoms with Crippen molar-refractivity contribution in [3.8, 4) is 24.2 Å². The molecule has 1 fully saturated rings. The van der Waals surface area contributed by atoms with Gasteiger partial charge in [0.25, 0.3) is 0 Å². The quantitative estimate of drug-likeness (QED) is 0.356. The Hall–Kier alpha value is -2.55. The Bertz CT molecular complexity index is 718. The van der Waals surface area contributed by atoms with Gasteiger partial charge in [0.1, 0.15) is 19.3 Å². The molecule has 0 spiro atoms. The molecule has 1 saturated heterocycles. The topological polar surface area (TPSA) is 97.4 Å².